The second kappa shape index (κ2) is 8.09. The van der Waals surface area contributed by atoms with Crippen LogP contribution in [0, 0.1) is 5.82 Å². The van der Waals surface area contributed by atoms with Crippen LogP contribution in [0.2, 0.25) is 0 Å². The highest BCUT2D eigenvalue weighted by Gasteiger charge is 2.45. The van der Waals surface area contributed by atoms with Gasteiger partial charge in [-0.25, -0.2) is 9.29 Å². The Bertz CT molecular complexity index is 1300. The number of carbonyl (C=O) groups is 2. The number of ether oxygens (including phenoxy) is 2. The van der Waals surface area contributed by atoms with Gasteiger partial charge >= 0.3 is 0 Å². The zero-order valence-electron chi connectivity index (χ0n) is 18.2. The van der Waals surface area contributed by atoms with Gasteiger partial charge in [0.25, 0.3) is 11.8 Å². The van der Waals surface area contributed by atoms with Crippen LogP contribution in [-0.2, 0) is 16.0 Å². The number of methoxy groups -OCH3 is 2. The van der Waals surface area contributed by atoms with Crippen LogP contribution in [0.4, 0.5) is 15.8 Å². The molecule has 5 rings (SSSR count). The lowest BCUT2D eigenvalue weighted by Crippen LogP contribution is -2.35. The predicted molar refractivity (Wildman–Crippen MR) is 123 cm³/mol. The molecule has 0 radical (unpaired) electrons. The number of imide groups is 1. The molecular weight excluding hydrogens is 423 g/mol. The third-order valence-corrected chi connectivity index (χ3v) is 5.98. The number of para-hydroxylation sites is 1. The first-order chi connectivity index (χ1) is 16.0. The summed E-state index contributed by atoms with van der Waals surface area (Å²) in [6, 6.07) is 18.3. The van der Waals surface area contributed by atoms with Crippen molar-refractivity contribution in [2.45, 2.75) is 6.42 Å². The molecule has 6 nitrogen and oxygen atoms in total. The molecule has 2 aliphatic rings. The zero-order valence-corrected chi connectivity index (χ0v) is 18.2. The Labute approximate surface area is 190 Å². The minimum Gasteiger partial charge on any atom is -0.497 e. The Kier molecular flexibility index (Phi) is 5.09. The van der Waals surface area contributed by atoms with Crippen LogP contribution in [0.25, 0.3) is 5.57 Å². The molecule has 0 atom stereocenters. The fourth-order valence-corrected chi connectivity index (χ4v) is 4.41. The van der Waals surface area contributed by atoms with Crippen molar-refractivity contribution in [1.29, 1.82) is 0 Å². The van der Waals surface area contributed by atoms with E-state index >= 15 is 0 Å². The fraction of sp³-hybridized carbons (Fsp3) is 0.154. The minimum absolute atomic E-state index is 0.224. The molecule has 0 unspecified atom stereocenters. The van der Waals surface area contributed by atoms with Gasteiger partial charge in [0.05, 0.1) is 25.5 Å². The van der Waals surface area contributed by atoms with Crippen molar-refractivity contribution in [1.82, 2.24) is 0 Å². The summed E-state index contributed by atoms with van der Waals surface area (Å²) >= 11 is 0. The van der Waals surface area contributed by atoms with Crippen LogP contribution in [0.15, 0.2) is 72.4 Å². The molecule has 2 heterocycles. The number of benzene rings is 3. The number of halogens is 1. The minimum atomic E-state index is -0.502. The first-order valence-electron chi connectivity index (χ1n) is 10.5. The molecule has 0 fully saturated rings. The first kappa shape index (κ1) is 20.8. The number of nitrogens with zero attached hydrogens (tertiary/aromatic N) is 2. The maximum Gasteiger partial charge on any atom is 0.282 e. The summed E-state index contributed by atoms with van der Waals surface area (Å²) in [6.45, 7) is 0.557. The highest BCUT2D eigenvalue weighted by atomic mass is 19.1. The number of hydrogen-bond donors (Lipinski definition) is 0. The van der Waals surface area contributed by atoms with E-state index in [4.69, 9.17) is 9.47 Å². The van der Waals surface area contributed by atoms with Crippen LogP contribution in [0.1, 0.15) is 11.1 Å². The molecule has 33 heavy (non-hydrogen) atoms. The quantitative estimate of drug-likeness (QED) is 0.553. The van der Waals surface area contributed by atoms with Gasteiger partial charge in [0.1, 0.15) is 23.0 Å². The highest BCUT2D eigenvalue weighted by Crippen LogP contribution is 2.43. The molecule has 0 aliphatic carbocycles. The van der Waals surface area contributed by atoms with Crippen LogP contribution in [0.3, 0.4) is 0 Å². The van der Waals surface area contributed by atoms with Crippen molar-refractivity contribution < 1.29 is 23.5 Å². The molecule has 0 spiro atoms. The average Bonchev–Trinajstić information content (AvgIpc) is 3.37. The maximum atomic E-state index is 13.9. The monoisotopic (exact) mass is 444 g/mol. The van der Waals surface area contributed by atoms with Crippen LogP contribution >= 0.6 is 0 Å². The van der Waals surface area contributed by atoms with E-state index in [1.54, 1.807) is 18.2 Å². The summed E-state index contributed by atoms with van der Waals surface area (Å²) in [5, 5.41) is 0. The second-order valence-electron chi connectivity index (χ2n) is 7.74. The summed E-state index contributed by atoms with van der Waals surface area (Å²) in [5.41, 5.74) is 3.23. The lowest BCUT2D eigenvalue weighted by Gasteiger charge is -2.22. The van der Waals surface area contributed by atoms with Gasteiger partial charge in [-0.3, -0.25) is 9.59 Å². The van der Waals surface area contributed by atoms with E-state index in [-0.39, 0.29) is 17.0 Å². The van der Waals surface area contributed by atoms with E-state index in [2.05, 4.69) is 0 Å². The highest BCUT2D eigenvalue weighted by molar-refractivity contribution is 6.46. The average molecular weight is 444 g/mol. The number of fused-ring (bicyclic) bond motifs is 1. The van der Waals surface area contributed by atoms with Gasteiger partial charge in [-0.05, 0) is 47.9 Å². The summed E-state index contributed by atoms with van der Waals surface area (Å²) < 4.78 is 24.4. The van der Waals surface area contributed by atoms with E-state index in [0.717, 1.165) is 22.6 Å². The van der Waals surface area contributed by atoms with Crippen molar-refractivity contribution in [3.8, 4) is 11.5 Å². The molecule has 3 aromatic rings. The van der Waals surface area contributed by atoms with Crippen molar-refractivity contribution in [2.75, 3.05) is 30.6 Å². The van der Waals surface area contributed by atoms with Crippen LogP contribution in [-0.4, -0.2) is 32.6 Å². The number of anilines is 2. The number of amides is 2. The van der Waals surface area contributed by atoms with Crippen molar-refractivity contribution in [2.24, 2.45) is 0 Å². The van der Waals surface area contributed by atoms with Crippen LogP contribution < -0.4 is 19.3 Å². The van der Waals surface area contributed by atoms with Crippen LogP contribution in [0.5, 0.6) is 11.5 Å². The summed E-state index contributed by atoms with van der Waals surface area (Å²) in [4.78, 5) is 30.6. The summed E-state index contributed by atoms with van der Waals surface area (Å²) in [6.07, 6.45) is 0.750. The van der Waals surface area contributed by atoms with Gasteiger partial charge in [-0.1, -0.05) is 30.3 Å². The molecule has 0 aromatic heterocycles. The maximum absolute atomic E-state index is 13.9. The van der Waals surface area contributed by atoms with Gasteiger partial charge in [-0.15, -0.1) is 0 Å². The molecule has 0 saturated heterocycles. The molecule has 0 bridgehead atoms. The summed E-state index contributed by atoms with van der Waals surface area (Å²) in [7, 11) is 2.98. The lowest BCUT2D eigenvalue weighted by atomic mass is 10.0. The smallest absolute Gasteiger partial charge is 0.282 e. The predicted octanol–water partition coefficient (Wildman–Crippen LogP) is 4.19. The van der Waals surface area contributed by atoms with Gasteiger partial charge in [0.2, 0.25) is 0 Å². The second-order valence-corrected chi connectivity index (χ2v) is 7.74. The summed E-state index contributed by atoms with van der Waals surface area (Å²) in [5.74, 6) is -0.552. The van der Waals surface area contributed by atoms with E-state index in [9.17, 15) is 14.0 Å². The third kappa shape index (κ3) is 3.33. The Hall–Kier alpha value is -4.13. The molecule has 0 N–H and O–H groups in total. The van der Waals surface area contributed by atoms with E-state index in [0.29, 0.717) is 23.6 Å². The Morgan fingerprint density at radius 3 is 2.33 bits per heavy atom. The molecule has 166 valence electrons. The molecular formula is C26H21FN2O4. The van der Waals surface area contributed by atoms with Gasteiger partial charge in [0, 0.05) is 18.3 Å². The molecule has 2 amide bonds. The lowest BCUT2D eigenvalue weighted by molar-refractivity contribution is -0.120. The number of hydrogen-bond acceptors (Lipinski definition) is 5. The zero-order chi connectivity index (χ0) is 23.1. The fourth-order valence-electron chi connectivity index (χ4n) is 4.41. The molecule has 0 saturated carbocycles. The first-order valence-corrected chi connectivity index (χ1v) is 10.5. The SMILES string of the molecule is COc1ccc(OC)c(N2C(=O)C(c3ccc(F)cc3)=C(N3CCc4ccccc43)C2=O)c1. The van der Waals surface area contributed by atoms with Crippen molar-refractivity contribution in [3.63, 3.8) is 0 Å². The van der Waals surface area contributed by atoms with E-state index in [1.165, 1.54) is 38.5 Å². The largest absolute Gasteiger partial charge is 0.497 e. The normalized spacial score (nSPS) is 15.4. The molecule has 7 heteroatoms. The van der Waals surface area contributed by atoms with Gasteiger partial charge in [-0.2, -0.15) is 0 Å². The third-order valence-electron chi connectivity index (χ3n) is 5.98. The van der Waals surface area contributed by atoms with E-state index in [1.807, 2.05) is 29.2 Å². The Morgan fingerprint density at radius 1 is 0.848 bits per heavy atom. The number of carbonyl (C=O) groups excluding carboxylic acids is 2. The molecule has 3 aromatic carbocycles. The Balaban J connectivity index is 1.70. The van der Waals surface area contributed by atoms with Crippen molar-refractivity contribution in [3.05, 3.63) is 89.4 Å². The topological polar surface area (TPSA) is 59.1 Å². The van der Waals surface area contributed by atoms with Gasteiger partial charge in [0.15, 0.2) is 0 Å². The van der Waals surface area contributed by atoms with Crippen molar-refractivity contribution >= 4 is 28.8 Å². The molecule has 2 aliphatic heterocycles. The van der Waals surface area contributed by atoms with Gasteiger partial charge < -0.3 is 14.4 Å². The number of rotatable bonds is 5. The Morgan fingerprint density at radius 2 is 1.61 bits per heavy atom. The van der Waals surface area contributed by atoms with E-state index < -0.39 is 17.6 Å². The standard InChI is InChI=1S/C26H21FN2O4/c1-32-19-11-12-22(33-2)21(15-19)29-25(30)23(17-7-9-18(27)10-8-17)24(26(29)31)28-14-13-16-5-3-4-6-20(16)28/h3-12,15H,13-14H2,1-2H3.